The monoisotopic (exact) mass is 425 g/mol. The van der Waals surface area contributed by atoms with Gasteiger partial charge >= 0.3 is 0 Å². The highest BCUT2D eigenvalue weighted by Crippen LogP contribution is 2.24. The molecule has 1 saturated heterocycles. The van der Waals surface area contributed by atoms with Gasteiger partial charge in [-0.2, -0.15) is 0 Å². The SMILES string of the molecule is COc1ccc(C=CC(=O)NC(C)C(=O)NCC(c2ccco2)N2CCCCC2)cc1. The maximum Gasteiger partial charge on any atom is 0.244 e. The van der Waals surface area contributed by atoms with E-state index in [9.17, 15) is 9.59 Å². The number of benzene rings is 1. The smallest absolute Gasteiger partial charge is 0.244 e. The summed E-state index contributed by atoms with van der Waals surface area (Å²) >= 11 is 0. The Kier molecular flexibility index (Phi) is 8.29. The maximum atomic E-state index is 12.6. The lowest BCUT2D eigenvalue weighted by Gasteiger charge is -2.33. The molecule has 0 saturated carbocycles. The fourth-order valence-electron chi connectivity index (χ4n) is 3.68. The molecule has 2 unspecified atom stereocenters. The molecular weight excluding hydrogens is 394 g/mol. The molecule has 31 heavy (non-hydrogen) atoms. The van der Waals surface area contributed by atoms with E-state index in [1.54, 1.807) is 26.4 Å². The van der Waals surface area contributed by atoms with Gasteiger partial charge in [0.2, 0.25) is 11.8 Å². The number of methoxy groups -OCH3 is 1. The lowest BCUT2D eigenvalue weighted by atomic mass is 10.1. The van der Waals surface area contributed by atoms with Gasteiger partial charge in [0, 0.05) is 12.6 Å². The summed E-state index contributed by atoms with van der Waals surface area (Å²) in [5.74, 6) is 1.06. The van der Waals surface area contributed by atoms with Crippen molar-refractivity contribution >= 4 is 17.9 Å². The number of carbonyl (C=O) groups is 2. The maximum absolute atomic E-state index is 12.6. The first-order valence-corrected chi connectivity index (χ1v) is 10.7. The fourth-order valence-corrected chi connectivity index (χ4v) is 3.68. The summed E-state index contributed by atoms with van der Waals surface area (Å²) in [7, 11) is 1.61. The van der Waals surface area contributed by atoms with Crippen LogP contribution < -0.4 is 15.4 Å². The van der Waals surface area contributed by atoms with Crippen LogP contribution in [0.3, 0.4) is 0 Å². The first-order chi connectivity index (χ1) is 15.1. The van der Waals surface area contributed by atoms with E-state index in [-0.39, 0.29) is 17.9 Å². The average Bonchev–Trinajstić information content (AvgIpc) is 3.33. The number of furan rings is 1. The number of nitrogens with one attached hydrogen (secondary N) is 2. The number of amides is 2. The zero-order chi connectivity index (χ0) is 22.1. The first kappa shape index (κ1) is 22.6. The van der Waals surface area contributed by atoms with Crippen LogP contribution in [0.2, 0.25) is 0 Å². The number of carbonyl (C=O) groups excluding carboxylic acids is 2. The van der Waals surface area contributed by atoms with E-state index in [1.165, 1.54) is 12.5 Å². The fraction of sp³-hybridized carbons (Fsp3) is 0.417. The Labute approximate surface area is 183 Å². The summed E-state index contributed by atoms with van der Waals surface area (Å²) in [5.41, 5.74) is 0.871. The third kappa shape index (κ3) is 6.72. The highest BCUT2D eigenvalue weighted by molar-refractivity contribution is 5.95. The van der Waals surface area contributed by atoms with Crippen molar-refractivity contribution < 1.29 is 18.7 Å². The molecule has 1 aliphatic rings. The topological polar surface area (TPSA) is 83.8 Å². The van der Waals surface area contributed by atoms with Crippen molar-refractivity contribution in [1.29, 1.82) is 0 Å². The Hall–Kier alpha value is -3.06. The lowest BCUT2D eigenvalue weighted by Crippen LogP contribution is -2.47. The van der Waals surface area contributed by atoms with Crippen LogP contribution in [0, 0.1) is 0 Å². The van der Waals surface area contributed by atoms with Crippen LogP contribution in [-0.4, -0.2) is 49.5 Å². The van der Waals surface area contributed by atoms with Crippen LogP contribution >= 0.6 is 0 Å². The Balaban J connectivity index is 1.50. The van der Waals surface area contributed by atoms with Gasteiger partial charge in [-0.25, -0.2) is 0 Å². The van der Waals surface area contributed by atoms with Gasteiger partial charge in [-0.05, 0) is 68.8 Å². The number of nitrogens with zero attached hydrogens (tertiary/aromatic N) is 1. The predicted molar refractivity (Wildman–Crippen MR) is 120 cm³/mol. The van der Waals surface area contributed by atoms with E-state index < -0.39 is 6.04 Å². The molecule has 1 fully saturated rings. The summed E-state index contributed by atoms with van der Waals surface area (Å²) in [4.78, 5) is 27.1. The minimum Gasteiger partial charge on any atom is -0.497 e. The van der Waals surface area contributed by atoms with Crippen molar-refractivity contribution in [2.24, 2.45) is 0 Å². The van der Waals surface area contributed by atoms with E-state index in [1.807, 2.05) is 36.4 Å². The largest absolute Gasteiger partial charge is 0.497 e. The average molecular weight is 426 g/mol. The third-order valence-corrected chi connectivity index (χ3v) is 5.47. The standard InChI is InChI=1S/C24H31N3O4/c1-18(26-23(28)13-10-19-8-11-20(30-2)12-9-19)24(29)25-17-21(22-7-6-16-31-22)27-14-4-3-5-15-27/h6-13,16,18,21H,3-5,14-15,17H2,1-2H3,(H,25,29)(H,26,28). The number of ether oxygens (including phenoxy) is 1. The Morgan fingerprint density at radius 1 is 1.16 bits per heavy atom. The van der Waals surface area contributed by atoms with Crippen LogP contribution in [0.5, 0.6) is 5.75 Å². The first-order valence-electron chi connectivity index (χ1n) is 10.7. The summed E-state index contributed by atoms with van der Waals surface area (Å²) in [6, 6.07) is 10.5. The molecular formula is C24H31N3O4. The lowest BCUT2D eigenvalue weighted by molar-refractivity contribution is -0.126. The summed E-state index contributed by atoms with van der Waals surface area (Å²) < 4.78 is 10.7. The number of rotatable bonds is 9. The molecule has 1 aliphatic heterocycles. The Morgan fingerprint density at radius 3 is 2.55 bits per heavy atom. The molecule has 1 aromatic carbocycles. The summed E-state index contributed by atoms with van der Waals surface area (Å²) in [6.07, 6.45) is 8.32. The van der Waals surface area contributed by atoms with E-state index in [4.69, 9.17) is 9.15 Å². The molecule has 2 atom stereocenters. The molecule has 7 heteroatoms. The van der Waals surface area contributed by atoms with Crippen molar-refractivity contribution in [1.82, 2.24) is 15.5 Å². The molecule has 0 aliphatic carbocycles. The highest BCUT2D eigenvalue weighted by Gasteiger charge is 2.25. The molecule has 3 rings (SSSR count). The summed E-state index contributed by atoms with van der Waals surface area (Å²) in [6.45, 7) is 4.10. The quantitative estimate of drug-likeness (QED) is 0.603. The Morgan fingerprint density at radius 2 is 1.90 bits per heavy atom. The number of hydrogen-bond acceptors (Lipinski definition) is 5. The highest BCUT2D eigenvalue weighted by atomic mass is 16.5. The minimum atomic E-state index is -0.647. The van der Waals surface area contributed by atoms with Crippen LogP contribution in [0.4, 0.5) is 0 Å². The van der Waals surface area contributed by atoms with Gasteiger partial charge < -0.3 is 19.8 Å². The van der Waals surface area contributed by atoms with E-state index in [2.05, 4.69) is 15.5 Å². The van der Waals surface area contributed by atoms with Crippen LogP contribution in [0.25, 0.3) is 6.08 Å². The predicted octanol–water partition coefficient (Wildman–Crippen LogP) is 3.15. The van der Waals surface area contributed by atoms with Crippen LogP contribution in [0.1, 0.15) is 43.6 Å². The molecule has 166 valence electrons. The second-order valence-electron chi connectivity index (χ2n) is 7.71. The molecule has 2 N–H and O–H groups in total. The van der Waals surface area contributed by atoms with E-state index in [0.29, 0.717) is 6.54 Å². The normalized spacial score (nSPS) is 16.6. The molecule has 1 aromatic heterocycles. The molecule has 2 aromatic rings. The third-order valence-electron chi connectivity index (χ3n) is 5.47. The number of piperidine rings is 1. The molecule has 0 radical (unpaired) electrons. The molecule has 0 bridgehead atoms. The molecule has 2 amide bonds. The van der Waals surface area contributed by atoms with Crippen molar-refractivity contribution in [3.63, 3.8) is 0 Å². The summed E-state index contributed by atoms with van der Waals surface area (Å²) in [5, 5.41) is 5.68. The van der Waals surface area contributed by atoms with E-state index >= 15 is 0 Å². The van der Waals surface area contributed by atoms with Crippen molar-refractivity contribution in [2.45, 2.75) is 38.3 Å². The van der Waals surface area contributed by atoms with Crippen molar-refractivity contribution in [2.75, 3.05) is 26.7 Å². The van der Waals surface area contributed by atoms with Crippen LogP contribution in [0.15, 0.2) is 53.2 Å². The second-order valence-corrected chi connectivity index (χ2v) is 7.71. The van der Waals surface area contributed by atoms with Crippen LogP contribution in [-0.2, 0) is 9.59 Å². The zero-order valence-electron chi connectivity index (χ0n) is 18.2. The number of hydrogen-bond donors (Lipinski definition) is 2. The van der Waals surface area contributed by atoms with Gasteiger partial charge in [0.1, 0.15) is 17.6 Å². The molecule has 0 spiro atoms. The Bertz CT molecular complexity index is 855. The second kappa shape index (κ2) is 11.4. The van der Waals surface area contributed by atoms with Gasteiger partial charge in [-0.1, -0.05) is 18.6 Å². The number of likely N-dealkylation sites (tertiary alicyclic amines) is 1. The van der Waals surface area contributed by atoms with E-state index in [0.717, 1.165) is 43.0 Å². The van der Waals surface area contributed by atoms with Gasteiger partial charge in [0.25, 0.3) is 0 Å². The minimum absolute atomic E-state index is 0.00267. The zero-order valence-corrected chi connectivity index (χ0v) is 18.2. The van der Waals surface area contributed by atoms with Crippen molar-refractivity contribution in [3.8, 4) is 5.75 Å². The molecule has 7 nitrogen and oxygen atoms in total. The van der Waals surface area contributed by atoms with Gasteiger partial charge in [-0.3, -0.25) is 14.5 Å². The van der Waals surface area contributed by atoms with Gasteiger partial charge in [-0.15, -0.1) is 0 Å². The molecule has 2 heterocycles. The van der Waals surface area contributed by atoms with Gasteiger partial charge in [0.15, 0.2) is 0 Å². The van der Waals surface area contributed by atoms with Gasteiger partial charge in [0.05, 0.1) is 19.4 Å². The van der Waals surface area contributed by atoms with Crippen molar-refractivity contribution in [3.05, 3.63) is 60.1 Å².